The molecule has 6 heteroatoms. The van der Waals surface area contributed by atoms with Crippen LogP contribution < -0.4 is 9.47 Å². The van der Waals surface area contributed by atoms with Gasteiger partial charge >= 0.3 is 0 Å². The molecule has 0 aliphatic carbocycles. The fourth-order valence-electron chi connectivity index (χ4n) is 1.56. The van der Waals surface area contributed by atoms with Gasteiger partial charge in [0.2, 0.25) is 0 Å². The van der Waals surface area contributed by atoms with E-state index in [2.05, 4.69) is 10.3 Å². The highest BCUT2D eigenvalue weighted by molar-refractivity contribution is 6.16. The van der Waals surface area contributed by atoms with Crippen molar-refractivity contribution in [2.45, 2.75) is 19.3 Å². The summed E-state index contributed by atoms with van der Waals surface area (Å²) in [5.41, 5.74) is 0.766. The van der Waals surface area contributed by atoms with Gasteiger partial charge in [-0.05, 0) is 31.2 Å². The van der Waals surface area contributed by atoms with Crippen LogP contribution in [-0.2, 0) is 12.4 Å². The van der Waals surface area contributed by atoms with Crippen molar-refractivity contribution in [2.75, 3.05) is 13.2 Å². The first-order valence-electron chi connectivity index (χ1n) is 6.12. The Morgan fingerprint density at radius 3 is 2.42 bits per heavy atom. The molecule has 0 radical (unpaired) electrons. The second-order valence-electron chi connectivity index (χ2n) is 3.86. The lowest BCUT2D eigenvalue weighted by molar-refractivity contribution is 0.288. The van der Waals surface area contributed by atoms with Gasteiger partial charge in [0.05, 0.1) is 24.7 Å². The van der Waals surface area contributed by atoms with Gasteiger partial charge in [0.25, 0.3) is 0 Å². The quantitative estimate of drug-likeness (QED) is 0.732. The van der Waals surface area contributed by atoms with Gasteiger partial charge in [0, 0.05) is 6.20 Å². The van der Waals surface area contributed by atoms with E-state index in [0.29, 0.717) is 25.6 Å². The Kier molecular flexibility index (Phi) is 5.03. The van der Waals surface area contributed by atoms with E-state index in [9.17, 15) is 0 Å². The molecule has 1 aromatic heterocycles. The lowest BCUT2D eigenvalue weighted by Gasteiger charge is -2.07. The van der Waals surface area contributed by atoms with Gasteiger partial charge in [-0.3, -0.25) is 0 Å². The highest BCUT2D eigenvalue weighted by Gasteiger charge is 2.00. The van der Waals surface area contributed by atoms with Crippen molar-refractivity contribution < 1.29 is 9.47 Å². The number of ether oxygens (including phenoxy) is 2. The number of halogens is 1. The fourth-order valence-corrected chi connectivity index (χ4v) is 1.69. The standard InChI is InChI=1S/C13H16ClN3O2/c1-2-18-12-3-5-13(6-4-12)19-8-7-17-10-11(9-14)15-16-17/h3-6,10H,2,7-9H2,1H3. The fraction of sp³-hybridized carbons (Fsp3) is 0.385. The highest BCUT2D eigenvalue weighted by atomic mass is 35.5. The van der Waals surface area contributed by atoms with Crippen molar-refractivity contribution in [3.63, 3.8) is 0 Å². The van der Waals surface area contributed by atoms with Crippen LogP contribution in [0.3, 0.4) is 0 Å². The van der Waals surface area contributed by atoms with Crippen LogP contribution in [0.15, 0.2) is 30.5 Å². The molecule has 102 valence electrons. The molecule has 0 fully saturated rings. The molecule has 0 unspecified atom stereocenters. The van der Waals surface area contributed by atoms with Gasteiger partial charge in [-0.2, -0.15) is 0 Å². The van der Waals surface area contributed by atoms with Crippen LogP contribution in [0, 0.1) is 0 Å². The number of nitrogens with zero attached hydrogens (tertiary/aromatic N) is 3. The summed E-state index contributed by atoms with van der Waals surface area (Å²) < 4.78 is 12.7. The smallest absolute Gasteiger partial charge is 0.119 e. The van der Waals surface area contributed by atoms with Crippen LogP contribution in [0.2, 0.25) is 0 Å². The van der Waals surface area contributed by atoms with E-state index >= 15 is 0 Å². The van der Waals surface area contributed by atoms with Crippen LogP contribution in [0.25, 0.3) is 0 Å². The summed E-state index contributed by atoms with van der Waals surface area (Å²) in [5.74, 6) is 2.03. The summed E-state index contributed by atoms with van der Waals surface area (Å²) in [7, 11) is 0. The Morgan fingerprint density at radius 2 is 1.84 bits per heavy atom. The minimum atomic E-state index is 0.375. The average Bonchev–Trinajstić information content (AvgIpc) is 2.89. The zero-order valence-corrected chi connectivity index (χ0v) is 11.5. The number of benzene rings is 1. The molecule has 0 spiro atoms. The van der Waals surface area contributed by atoms with E-state index in [0.717, 1.165) is 17.2 Å². The van der Waals surface area contributed by atoms with Crippen molar-refractivity contribution >= 4 is 11.6 Å². The van der Waals surface area contributed by atoms with E-state index < -0.39 is 0 Å². The normalized spacial score (nSPS) is 10.4. The van der Waals surface area contributed by atoms with Gasteiger partial charge in [-0.15, -0.1) is 16.7 Å². The maximum Gasteiger partial charge on any atom is 0.119 e. The molecular weight excluding hydrogens is 266 g/mol. The molecule has 0 bridgehead atoms. The molecule has 0 N–H and O–H groups in total. The third-order valence-corrected chi connectivity index (χ3v) is 2.72. The minimum Gasteiger partial charge on any atom is -0.494 e. The third kappa shape index (κ3) is 4.13. The molecule has 2 aromatic rings. The summed E-state index contributed by atoms with van der Waals surface area (Å²) in [6, 6.07) is 7.55. The third-order valence-electron chi connectivity index (χ3n) is 2.45. The first-order chi connectivity index (χ1) is 9.31. The van der Waals surface area contributed by atoms with E-state index in [1.165, 1.54) is 0 Å². The SMILES string of the molecule is CCOc1ccc(OCCn2cc(CCl)nn2)cc1. The Bertz CT molecular complexity index is 499. The number of hydrogen-bond donors (Lipinski definition) is 0. The molecule has 0 atom stereocenters. The van der Waals surface area contributed by atoms with Crippen molar-refractivity contribution in [3.05, 3.63) is 36.2 Å². The maximum atomic E-state index is 5.65. The van der Waals surface area contributed by atoms with Gasteiger partial charge in [-0.1, -0.05) is 5.21 Å². The first-order valence-corrected chi connectivity index (χ1v) is 6.66. The Morgan fingerprint density at radius 1 is 1.16 bits per heavy atom. The minimum absolute atomic E-state index is 0.375. The van der Waals surface area contributed by atoms with Crippen molar-refractivity contribution in [1.29, 1.82) is 0 Å². The maximum absolute atomic E-state index is 5.65. The van der Waals surface area contributed by atoms with E-state index in [1.807, 2.05) is 37.4 Å². The molecule has 0 amide bonds. The summed E-state index contributed by atoms with van der Waals surface area (Å²) in [5, 5.41) is 7.84. The molecule has 0 saturated carbocycles. The lowest BCUT2D eigenvalue weighted by atomic mass is 10.3. The van der Waals surface area contributed by atoms with Crippen LogP contribution in [-0.4, -0.2) is 28.2 Å². The monoisotopic (exact) mass is 281 g/mol. The zero-order chi connectivity index (χ0) is 13.5. The number of rotatable bonds is 7. The summed E-state index contributed by atoms with van der Waals surface area (Å²) in [6.07, 6.45) is 1.81. The van der Waals surface area contributed by atoms with Crippen LogP contribution in [0.1, 0.15) is 12.6 Å². The van der Waals surface area contributed by atoms with E-state index in [-0.39, 0.29) is 0 Å². The van der Waals surface area contributed by atoms with Gasteiger partial charge in [-0.25, -0.2) is 4.68 Å². The predicted molar refractivity (Wildman–Crippen MR) is 72.7 cm³/mol. The van der Waals surface area contributed by atoms with Gasteiger partial charge < -0.3 is 9.47 Å². The Labute approximate surface area is 117 Å². The second kappa shape index (κ2) is 6.99. The summed E-state index contributed by atoms with van der Waals surface area (Å²) in [4.78, 5) is 0. The molecule has 1 aromatic carbocycles. The highest BCUT2D eigenvalue weighted by Crippen LogP contribution is 2.17. The molecule has 19 heavy (non-hydrogen) atoms. The first kappa shape index (κ1) is 13.7. The molecule has 0 saturated heterocycles. The van der Waals surface area contributed by atoms with E-state index in [1.54, 1.807) is 4.68 Å². The summed E-state index contributed by atoms with van der Waals surface area (Å²) >= 11 is 5.65. The summed E-state index contributed by atoms with van der Waals surface area (Å²) in [6.45, 7) is 3.78. The molecule has 1 heterocycles. The second-order valence-corrected chi connectivity index (χ2v) is 4.13. The van der Waals surface area contributed by atoms with Gasteiger partial charge in [0.1, 0.15) is 18.1 Å². The van der Waals surface area contributed by atoms with E-state index in [4.69, 9.17) is 21.1 Å². The van der Waals surface area contributed by atoms with Crippen molar-refractivity contribution in [3.8, 4) is 11.5 Å². The van der Waals surface area contributed by atoms with Crippen molar-refractivity contribution in [1.82, 2.24) is 15.0 Å². The van der Waals surface area contributed by atoms with Crippen LogP contribution in [0.4, 0.5) is 0 Å². The number of hydrogen-bond acceptors (Lipinski definition) is 4. The molecule has 0 aliphatic rings. The largest absolute Gasteiger partial charge is 0.494 e. The Balaban J connectivity index is 1.78. The number of aromatic nitrogens is 3. The number of alkyl halides is 1. The van der Waals surface area contributed by atoms with Crippen LogP contribution in [0.5, 0.6) is 11.5 Å². The molecular formula is C13H16ClN3O2. The zero-order valence-electron chi connectivity index (χ0n) is 10.8. The van der Waals surface area contributed by atoms with Gasteiger partial charge in [0.15, 0.2) is 0 Å². The molecule has 2 rings (SSSR count). The lowest BCUT2D eigenvalue weighted by Crippen LogP contribution is -2.08. The average molecular weight is 282 g/mol. The molecule has 0 aliphatic heterocycles. The molecule has 5 nitrogen and oxygen atoms in total. The predicted octanol–water partition coefficient (Wildman–Crippen LogP) is 2.49. The van der Waals surface area contributed by atoms with Crippen molar-refractivity contribution in [2.24, 2.45) is 0 Å². The Hall–Kier alpha value is -1.75. The van der Waals surface area contributed by atoms with Crippen LogP contribution >= 0.6 is 11.6 Å². The topological polar surface area (TPSA) is 49.2 Å².